The zero-order valence-corrected chi connectivity index (χ0v) is 41.9. The van der Waals surface area contributed by atoms with Crippen LogP contribution >= 0.6 is 31.3 Å². The first-order valence-electron chi connectivity index (χ1n) is 21.1. The van der Waals surface area contributed by atoms with Crippen molar-refractivity contribution in [1.29, 1.82) is 0 Å². The molecule has 5 aromatic heterocycles. The number of phosphoric acid groups is 4. The van der Waals surface area contributed by atoms with E-state index in [1.807, 2.05) is 4.98 Å². The van der Waals surface area contributed by atoms with Crippen LogP contribution in [0.25, 0.3) is 22.3 Å². The van der Waals surface area contributed by atoms with E-state index in [1.165, 1.54) is 40.5 Å². The van der Waals surface area contributed by atoms with Gasteiger partial charge in [0.25, 0.3) is 17.1 Å². The fourth-order valence-corrected chi connectivity index (χ4v) is 12.7. The Balaban J connectivity index is 0.942. The lowest BCUT2D eigenvalue weighted by Gasteiger charge is -2.26. The van der Waals surface area contributed by atoms with Crippen LogP contribution in [0.15, 0.2) is 45.6 Å². The quantitative estimate of drug-likeness (QED) is 0.0248. The van der Waals surface area contributed by atoms with E-state index in [0.29, 0.717) is 0 Å². The van der Waals surface area contributed by atoms with Crippen LogP contribution in [0.1, 0.15) is 18.7 Å². The molecular formula is C33H47N12O25P4+. The molecule has 3 fully saturated rings. The molecule has 16 atom stereocenters. The fourth-order valence-electron chi connectivity index (χ4n) is 8.23. The molecule has 0 aromatic carbocycles. The summed E-state index contributed by atoms with van der Waals surface area (Å²) in [6.07, 6.45) is -14.6. The number of nitrogens with two attached hydrogens (primary N) is 1. The number of aromatic nitrogens is 10. The maximum Gasteiger partial charge on any atom is 0.490 e. The molecule has 41 heteroatoms. The van der Waals surface area contributed by atoms with Crippen molar-refractivity contribution in [2.45, 2.75) is 73.6 Å². The first-order chi connectivity index (χ1) is 34.8. The normalized spacial score (nSPS) is 30.6. The number of nitrogens with one attached hydrogen (secondary N) is 3. The number of aliphatic hydroxyl groups is 3. The van der Waals surface area contributed by atoms with E-state index in [9.17, 15) is 67.5 Å². The van der Waals surface area contributed by atoms with E-state index in [2.05, 4.69) is 38.9 Å². The molecule has 12 N–H and O–H groups in total. The molecule has 3 saturated heterocycles. The third-order valence-electron chi connectivity index (χ3n) is 11.4. The molecule has 8 heterocycles. The molecule has 8 rings (SSSR count). The van der Waals surface area contributed by atoms with Crippen LogP contribution in [0.2, 0.25) is 0 Å². The van der Waals surface area contributed by atoms with Gasteiger partial charge in [0.15, 0.2) is 30.2 Å². The third-order valence-corrected chi connectivity index (χ3v) is 16.6. The highest BCUT2D eigenvalue weighted by Gasteiger charge is 2.54. The molecule has 0 amide bonds. The number of aliphatic hydroxyl groups excluding tert-OH is 3. The molecule has 0 bridgehead atoms. The molecular weight excluding hydrogens is 1090 g/mol. The summed E-state index contributed by atoms with van der Waals surface area (Å²) in [5.41, 5.74) is 3.53. The molecule has 5 aromatic rings. The van der Waals surface area contributed by atoms with Crippen LogP contribution < -0.4 is 32.4 Å². The van der Waals surface area contributed by atoms with Gasteiger partial charge in [0, 0.05) is 33.5 Å². The summed E-state index contributed by atoms with van der Waals surface area (Å²) in [6.45, 7) is -3.26. The largest absolute Gasteiger partial charge is 0.490 e. The van der Waals surface area contributed by atoms with Gasteiger partial charge in [0.2, 0.25) is 11.7 Å². The average Bonchev–Trinajstić information content (AvgIpc) is 4.11. The fraction of sp³-hybridized carbons (Fsp3) is 0.576. The number of hydrogen-bond donors (Lipinski definition) is 11. The second kappa shape index (κ2) is 21.4. The Kier molecular flexibility index (Phi) is 16.1. The van der Waals surface area contributed by atoms with Crippen LogP contribution in [0.4, 0.5) is 11.8 Å². The van der Waals surface area contributed by atoms with Crippen molar-refractivity contribution in [1.82, 2.24) is 43.6 Å². The van der Waals surface area contributed by atoms with E-state index >= 15 is 0 Å². The molecule has 0 radical (unpaired) electrons. The minimum absolute atomic E-state index is 0.0224. The topological polar surface area (TPSA) is 502 Å². The Morgan fingerprint density at radius 2 is 1.39 bits per heavy atom. The highest BCUT2D eigenvalue weighted by Crippen LogP contribution is 2.68. The van der Waals surface area contributed by atoms with Gasteiger partial charge >= 0.3 is 42.6 Å². The molecule has 37 nitrogen and oxygen atoms in total. The van der Waals surface area contributed by atoms with E-state index in [0.717, 1.165) is 37.4 Å². The Labute approximate surface area is 411 Å². The molecule has 3 aliphatic heterocycles. The van der Waals surface area contributed by atoms with Crippen molar-refractivity contribution in [2.75, 3.05) is 52.1 Å². The first kappa shape index (κ1) is 55.6. The lowest BCUT2D eigenvalue weighted by molar-refractivity contribution is -0.745. The Morgan fingerprint density at radius 1 is 0.770 bits per heavy atom. The van der Waals surface area contributed by atoms with Gasteiger partial charge in [0.1, 0.15) is 66.8 Å². The lowest BCUT2D eigenvalue weighted by Crippen LogP contribution is -2.46. The maximum atomic E-state index is 13.6. The molecule has 0 saturated carbocycles. The second-order valence-corrected chi connectivity index (χ2v) is 22.2. The number of nitrogens with zero attached hydrogens (tertiary/aromatic N) is 8. The van der Waals surface area contributed by atoms with Crippen molar-refractivity contribution in [3.63, 3.8) is 0 Å². The summed E-state index contributed by atoms with van der Waals surface area (Å²) in [5.74, 6) is -0.0252. The molecule has 7 unspecified atom stereocenters. The molecule has 0 aliphatic carbocycles. The number of ether oxygens (including phenoxy) is 5. The number of aryl methyl sites for hydroxylation is 1. The van der Waals surface area contributed by atoms with Gasteiger partial charge in [-0.25, -0.2) is 42.6 Å². The summed E-state index contributed by atoms with van der Waals surface area (Å²) < 4.78 is 114. The summed E-state index contributed by atoms with van der Waals surface area (Å²) in [4.78, 5) is 99.7. The standard InChI is InChI=1S/C33H46N12O25P4/c1-35-25-17-26(37-10-36-25)44(11-38-17)31-24(61-4)23(68-71(52,53)62-7-13-19(47)20(48)29(65-13)43-6-5-16(46)39-33(43)51)15(67-31)9-64-73(56,57)70-74(58,59)69-72(54,55)63-8-14-22(60-3)21(49)30(66-14)45-12-42(2)18-27(45)40-32(34)41-28(18)50/h5-6,10-15,19-24,29-31,47-49H,7-9H2,1-4H3,(H8-,34,35,36,37,39,40,41,46,50,51,52,53,54,55,56,57,58,59)/p+1/t13-,14-,15-,19+,20?,21+,22?,23+,24?,29-,30-,31-/m1/s1. The molecule has 74 heavy (non-hydrogen) atoms. The molecule has 408 valence electrons. The van der Waals surface area contributed by atoms with Crippen molar-refractivity contribution >= 4 is 65.4 Å². The van der Waals surface area contributed by atoms with Crippen LogP contribution in [0.5, 0.6) is 0 Å². The average molecular weight is 1140 g/mol. The smallest absolute Gasteiger partial charge is 0.387 e. The minimum Gasteiger partial charge on any atom is -0.387 e. The minimum atomic E-state index is -6.17. The Bertz CT molecular complexity index is 3260. The van der Waals surface area contributed by atoms with Crippen molar-refractivity contribution in [2.24, 2.45) is 7.05 Å². The van der Waals surface area contributed by atoms with Crippen LogP contribution in [-0.2, 0) is 75.7 Å². The van der Waals surface area contributed by atoms with E-state index < -0.39 is 142 Å². The number of fused-ring (bicyclic) bond motifs is 2. The number of rotatable bonds is 21. The lowest BCUT2D eigenvalue weighted by atomic mass is 10.1. The van der Waals surface area contributed by atoms with Crippen LogP contribution in [0.3, 0.4) is 0 Å². The summed E-state index contributed by atoms with van der Waals surface area (Å²) >= 11 is 0. The summed E-state index contributed by atoms with van der Waals surface area (Å²) in [5, 5.41) is 35.2. The number of methoxy groups -OCH3 is 2. The van der Waals surface area contributed by atoms with E-state index in [4.69, 9.17) is 47.5 Å². The summed E-state index contributed by atoms with van der Waals surface area (Å²) in [7, 11) is -18.1. The van der Waals surface area contributed by atoms with Crippen LogP contribution in [0, 0.1) is 0 Å². The van der Waals surface area contributed by atoms with E-state index in [1.54, 1.807) is 0 Å². The Hall–Kier alpha value is -4.62. The van der Waals surface area contributed by atoms with Crippen molar-refractivity contribution < 1.29 is 108 Å². The number of H-pyrrole nitrogens is 2. The van der Waals surface area contributed by atoms with Crippen molar-refractivity contribution in [3.05, 3.63) is 62.4 Å². The number of hydrogen-bond acceptors (Lipinski definition) is 27. The number of phosphoric ester groups is 3. The monoisotopic (exact) mass is 1140 g/mol. The van der Waals surface area contributed by atoms with Gasteiger partial charge in [-0.05, 0) is 0 Å². The van der Waals surface area contributed by atoms with Crippen LogP contribution in [-0.4, -0.2) is 175 Å². The van der Waals surface area contributed by atoms with Gasteiger partial charge < -0.3 is 69.6 Å². The van der Waals surface area contributed by atoms with Gasteiger partial charge in [0.05, 0.1) is 33.2 Å². The second-order valence-electron chi connectivity index (χ2n) is 16.1. The maximum absolute atomic E-state index is 13.6. The molecule has 3 aliphatic rings. The van der Waals surface area contributed by atoms with E-state index in [-0.39, 0.29) is 34.1 Å². The number of nitrogen functional groups attached to an aromatic ring is 1. The third kappa shape index (κ3) is 11.5. The van der Waals surface area contributed by atoms with Gasteiger partial charge in [-0.3, -0.25) is 51.4 Å². The molecule has 0 spiro atoms. The van der Waals surface area contributed by atoms with Gasteiger partial charge in [-0.15, -0.1) is 0 Å². The number of aromatic amines is 2. The van der Waals surface area contributed by atoms with Gasteiger partial charge in [-0.2, -0.15) is 8.62 Å². The predicted molar refractivity (Wildman–Crippen MR) is 238 cm³/mol. The highest BCUT2D eigenvalue weighted by molar-refractivity contribution is 7.66. The van der Waals surface area contributed by atoms with Crippen molar-refractivity contribution in [3.8, 4) is 0 Å². The number of anilines is 2. The highest BCUT2D eigenvalue weighted by atomic mass is 31.3. The number of imidazole rings is 2. The predicted octanol–water partition coefficient (Wildman–Crippen LogP) is -3.76. The summed E-state index contributed by atoms with van der Waals surface area (Å²) in [6, 6.07) is 0.929. The first-order valence-corrected chi connectivity index (χ1v) is 27.1. The zero-order chi connectivity index (χ0) is 53.8. The SMILES string of the molecule is CNc1ncnc2c1ncn2[C@@H]1O[C@H](COP(=O)(O)OP(=O)(O)OP(=O)(O)OC[C@H]2O[C@@H]([n+]3cn(C)c4c(=O)[nH]c(N)nc43)[C@@H](O)C2OC)[C@H](OP(=O)(O)OC[C@H]2O[C@@H](n3ccc(=O)[nH]c3=O)C(O)[C@H]2O)C1OC. The zero-order valence-electron chi connectivity index (χ0n) is 38.4. The van der Waals surface area contributed by atoms with Gasteiger partial charge in [-0.1, -0.05) is 4.98 Å². The Morgan fingerprint density at radius 3 is 2.03 bits per heavy atom.